The molecule has 33 heavy (non-hydrogen) atoms. The van der Waals surface area contributed by atoms with Crippen molar-refractivity contribution in [3.05, 3.63) is 71.7 Å². The number of halogens is 3. The van der Waals surface area contributed by atoms with Gasteiger partial charge in [-0.15, -0.1) is 0 Å². The first-order valence-corrected chi connectivity index (χ1v) is 9.59. The number of nitrogens with zero attached hydrogens (tertiary/aromatic N) is 1. The lowest BCUT2D eigenvalue weighted by Gasteiger charge is -2.25. The molecule has 1 heterocycles. The Hall–Kier alpha value is -4.15. The minimum absolute atomic E-state index is 0.126. The van der Waals surface area contributed by atoms with Gasteiger partial charge in [-0.25, -0.2) is 18.0 Å². The molecule has 2 aromatic carbocycles. The van der Waals surface area contributed by atoms with Crippen LogP contribution < -0.4 is 10.6 Å². The van der Waals surface area contributed by atoms with E-state index in [1.54, 1.807) is 0 Å². The lowest BCUT2D eigenvalue weighted by Crippen LogP contribution is -2.55. The molecular weight excluding hydrogens is 443 g/mol. The Kier molecular flexibility index (Phi) is 6.80. The summed E-state index contributed by atoms with van der Waals surface area (Å²) in [6, 6.07) is 1.85. The van der Waals surface area contributed by atoms with E-state index in [-0.39, 0.29) is 11.1 Å². The number of carbonyl (C=O) groups excluding carboxylic acids is 3. The summed E-state index contributed by atoms with van der Waals surface area (Å²) in [7, 11) is 1.37. The highest BCUT2D eigenvalue weighted by molar-refractivity contribution is 6.14. The minimum atomic E-state index is -1.56. The number of ketones is 1. The Morgan fingerprint density at radius 1 is 1.09 bits per heavy atom. The second kappa shape index (κ2) is 9.55. The second-order valence-electron chi connectivity index (χ2n) is 7.23. The second-order valence-corrected chi connectivity index (χ2v) is 7.23. The first-order chi connectivity index (χ1) is 15.6. The Balaban J connectivity index is 1.91. The van der Waals surface area contributed by atoms with Crippen LogP contribution in [-0.2, 0) is 14.4 Å². The van der Waals surface area contributed by atoms with Gasteiger partial charge < -0.3 is 20.6 Å². The first-order valence-electron chi connectivity index (χ1n) is 9.59. The molecule has 11 heteroatoms. The zero-order valence-corrected chi connectivity index (χ0v) is 17.1. The van der Waals surface area contributed by atoms with Gasteiger partial charge in [-0.05, 0) is 29.8 Å². The maximum atomic E-state index is 15.3. The topological polar surface area (TPSA) is 116 Å². The predicted molar refractivity (Wildman–Crippen MR) is 109 cm³/mol. The lowest BCUT2D eigenvalue weighted by atomic mass is 9.96. The van der Waals surface area contributed by atoms with Gasteiger partial charge in [0.2, 0.25) is 0 Å². The van der Waals surface area contributed by atoms with E-state index in [1.165, 1.54) is 25.4 Å². The zero-order chi connectivity index (χ0) is 24.3. The van der Waals surface area contributed by atoms with E-state index in [9.17, 15) is 33.1 Å². The molecule has 8 nitrogen and oxygen atoms in total. The normalized spacial score (nSPS) is 16.5. The minimum Gasteiger partial charge on any atom is -0.481 e. The van der Waals surface area contributed by atoms with E-state index in [1.807, 2.05) is 0 Å². The number of rotatable bonds is 6. The number of carboxylic acids is 1. The third-order valence-corrected chi connectivity index (χ3v) is 4.90. The monoisotopic (exact) mass is 461 g/mol. The van der Waals surface area contributed by atoms with Gasteiger partial charge in [-0.2, -0.15) is 0 Å². The van der Waals surface area contributed by atoms with Crippen LogP contribution in [0.1, 0.15) is 18.0 Å². The number of aliphatic carboxylic acids is 1. The van der Waals surface area contributed by atoms with Gasteiger partial charge in [0.05, 0.1) is 12.5 Å². The van der Waals surface area contributed by atoms with E-state index in [0.717, 1.165) is 35.2 Å². The third kappa shape index (κ3) is 5.37. The molecule has 0 aliphatic carbocycles. The molecule has 3 rings (SSSR count). The Bertz CT molecular complexity index is 1150. The summed E-state index contributed by atoms with van der Waals surface area (Å²) < 4.78 is 42.8. The van der Waals surface area contributed by atoms with E-state index in [4.69, 9.17) is 0 Å². The van der Waals surface area contributed by atoms with Crippen LogP contribution in [0.2, 0.25) is 0 Å². The highest BCUT2D eigenvalue weighted by Gasteiger charge is 2.33. The Morgan fingerprint density at radius 2 is 1.76 bits per heavy atom. The average molecular weight is 461 g/mol. The summed E-state index contributed by atoms with van der Waals surface area (Å²) >= 11 is 0. The van der Waals surface area contributed by atoms with Crippen molar-refractivity contribution in [2.45, 2.75) is 18.5 Å². The van der Waals surface area contributed by atoms with E-state index in [2.05, 4.69) is 10.6 Å². The molecule has 2 unspecified atom stereocenters. The van der Waals surface area contributed by atoms with Crippen molar-refractivity contribution in [1.82, 2.24) is 15.5 Å². The van der Waals surface area contributed by atoms with Crippen LogP contribution in [0.25, 0.3) is 11.1 Å². The van der Waals surface area contributed by atoms with Crippen molar-refractivity contribution >= 4 is 23.7 Å². The molecule has 1 aliphatic heterocycles. The molecule has 1 aliphatic rings. The number of amides is 3. The van der Waals surface area contributed by atoms with Crippen LogP contribution in [0.3, 0.4) is 0 Å². The lowest BCUT2D eigenvalue weighted by molar-refractivity contribution is -0.138. The molecule has 0 saturated carbocycles. The quantitative estimate of drug-likeness (QED) is 0.572. The SMILES string of the molecule is CN1C=CC(=O)C(NC(=O)NC(CC(=O)O)c2cc(F)cc(-c3ccc(F)cc3)c2F)C1=O. The maximum Gasteiger partial charge on any atom is 0.316 e. The molecule has 0 fully saturated rings. The smallest absolute Gasteiger partial charge is 0.316 e. The van der Waals surface area contributed by atoms with Crippen molar-refractivity contribution in [3.63, 3.8) is 0 Å². The molecule has 0 bridgehead atoms. The fourth-order valence-electron chi connectivity index (χ4n) is 3.26. The van der Waals surface area contributed by atoms with Crippen LogP contribution in [0.5, 0.6) is 0 Å². The molecule has 0 saturated heterocycles. The van der Waals surface area contributed by atoms with Gasteiger partial charge in [0.1, 0.15) is 17.5 Å². The van der Waals surface area contributed by atoms with Gasteiger partial charge in [0.15, 0.2) is 11.8 Å². The fourth-order valence-corrected chi connectivity index (χ4v) is 3.26. The first kappa shape index (κ1) is 23.5. The van der Waals surface area contributed by atoms with Crippen LogP contribution in [0, 0.1) is 17.5 Å². The molecule has 3 N–H and O–H groups in total. The Morgan fingerprint density at radius 3 is 2.39 bits per heavy atom. The number of hydrogen-bond acceptors (Lipinski definition) is 4. The Labute approximate surface area is 185 Å². The largest absolute Gasteiger partial charge is 0.481 e. The number of carbonyl (C=O) groups is 4. The highest BCUT2D eigenvalue weighted by Crippen LogP contribution is 2.31. The van der Waals surface area contributed by atoms with Gasteiger partial charge in [0, 0.05) is 30.5 Å². The van der Waals surface area contributed by atoms with Crippen LogP contribution in [-0.4, -0.2) is 46.8 Å². The summed E-state index contributed by atoms with van der Waals surface area (Å²) in [5, 5.41) is 13.5. The highest BCUT2D eigenvalue weighted by atomic mass is 19.1. The molecule has 172 valence electrons. The summed E-state index contributed by atoms with van der Waals surface area (Å²) in [5.74, 6) is -5.42. The van der Waals surface area contributed by atoms with Gasteiger partial charge >= 0.3 is 12.0 Å². The molecule has 2 atom stereocenters. The van der Waals surface area contributed by atoms with Crippen molar-refractivity contribution in [3.8, 4) is 11.1 Å². The number of hydrogen-bond donors (Lipinski definition) is 3. The van der Waals surface area contributed by atoms with Gasteiger partial charge in [-0.1, -0.05) is 12.1 Å². The molecular formula is C22H18F3N3O5. The molecule has 2 aromatic rings. The number of likely N-dealkylation sites (N-methyl/N-ethyl adjacent to an activating group) is 1. The molecule has 0 spiro atoms. The predicted octanol–water partition coefficient (Wildman–Crippen LogP) is 2.51. The molecule has 3 amide bonds. The average Bonchev–Trinajstić information content (AvgIpc) is 2.75. The van der Waals surface area contributed by atoms with Crippen LogP contribution in [0.4, 0.5) is 18.0 Å². The molecule has 0 aromatic heterocycles. The fraction of sp³-hybridized carbons (Fsp3) is 0.182. The maximum absolute atomic E-state index is 15.3. The van der Waals surface area contributed by atoms with E-state index in [0.29, 0.717) is 0 Å². The third-order valence-electron chi connectivity index (χ3n) is 4.90. The van der Waals surface area contributed by atoms with Crippen LogP contribution in [0.15, 0.2) is 48.7 Å². The van der Waals surface area contributed by atoms with Crippen molar-refractivity contribution in [1.29, 1.82) is 0 Å². The van der Waals surface area contributed by atoms with E-state index >= 15 is 4.39 Å². The standard InChI is InChI=1S/C22H18F3N3O5/c1-28-7-6-17(29)20(21(28)32)27-22(33)26-16(10-18(30)31)15-9-13(24)8-14(19(15)25)11-2-4-12(23)5-3-11/h2-9,16,20H,10H2,1H3,(H,30,31)(H2,26,27,33). The number of nitrogens with one attached hydrogen (secondary N) is 2. The van der Waals surface area contributed by atoms with Crippen LogP contribution >= 0.6 is 0 Å². The number of carboxylic acid groups (broad SMARTS) is 1. The summed E-state index contributed by atoms with van der Waals surface area (Å²) in [5.41, 5.74) is -0.626. The van der Waals surface area contributed by atoms with E-state index < -0.39 is 65.2 Å². The van der Waals surface area contributed by atoms with Gasteiger partial charge in [0.25, 0.3) is 5.91 Å². The summed E-state index contributed by atoms with van der Waals surface area (Å²) in [4.78, 5) is 48.9. The summed E-state index contributed by atoms with van der Waals surface area (Å²) in [6.07, 6.45) is 1.46. The van der Waals surface area contributed by atoms with Gasteiger partial charge in [-0.3, -0.25) is 14.4 Å². The van der Waals surface area contributed by atoms with Crippen molar-refractivity contribution in [2.75, 3.05) is 7.05 Å². The van der Waals surface area contributed by atoms with Crippen molar-refractivity contribution in [2.24, 2.45) is 0 Å². The number of benzene rings is 2. The number of urea groups is 1. The summed E-state index contributed by atoms with van der Waals surface area (Å²) in [6.45, 7) is 0. The van der Waals surface area contributed by atoms with Crippen molar-refractivity contribution < 1.29 is 37.5 Å². The molecule has 0 radical (unpaired) electrons. The zero-order valence-electron chi connectivity index (χ0n) is 17.1.